The summed E-state index contributed by atoms with van der Waals surface area (Å²) in [4.78, 5) is 14.7. The second-order valence-corrected chi connectivity index (χ2v) is 14.5. The summed E-state index contributed by atoms with van der Waals surface area (Å²) in [5.74, 6) is 0.187. The molecule has 1 atom stereocenters. The molecule has 44 heavy (non-hydrogen) atoms. The van der Waals surface area contributed by atoms with Crippen molar-refractivity contribution < 1.29 is 32.2 Å². The number of sulfonamides is 1. The summed E-state index contributed by atoms with van der Waals surface area (Å²) in [6.45, 7) is 8.23. The van der Waals surface area contributed by atoms with Gasteiger partial charge in [-0.05, 0) is 80.3 Å². The molecule has 2 aromatic rings. The molecule has 2 fully saturated rings. The number of hydrogen-bond donors (Lipinski definition) is 0. The minimum Gasteiger partial charge on any atom is -0.463 e. The predicted octanol–water partition coefficient (Wildman–Crippen LogP) is 6.60. The average Bonchev–Trinajstić information content (AvgIpc) is 3.39. The number of piperidine rings is 1. The van der Waals surface area contributed by atoms with Gasteiger partial charge < -0.3 is 23.8 Å². The SMILES string of the molecule is CC1(C)OCc2cc([C@@H]3CN(CCCCCCOCCCCc4cccc(S(=O)(=O)N5CCCCC5)c4)C(=O)O3)ccc2O1. The van der Waals surface area contributed by atoms with Crippen molar-refractivity contribution in [3.8, 4) is 5.75 Å². The molecule has 3 aliphatic rings. The van der Waals surface area contributed by atoms with E-state index in [1.54, 1.807) is 15.3 Å². The van der Waals surface area contributed by atoms with Crippen LogP contribution < -0.4 is 4.74 Å². The van der Waals surface area contributed by atoms with Crippen molar-refractivity contribution in [2.45, 2.75) is 101 Å². The van der Waals surface area contributed by atoms with Crippen molar-refractivity contribution in [2.24, 2.45) is 0 Å². The zero-order chi connectivity index (χ0) is 31.0. The van der Waals surface area contributed by atoms with Crippen LogP contribution in [0.2, 0.25) is 0 Å². The molecular weight excluding hydrogens is 580 g/mol. The Kier molecular flexibility index (Phi) is 11.2. The third kappa shape index (κ3) is 8.74. The van der Waals surface area contributed by atoms with Crippen LogP contribution in [0.25, 0.3) is 0 Å². The smallest absolute Gasteiger partial charge is 0.410 e. The van der Waals surface area contributed by atoms with Gasteiger partial charge in [0.25, 0.3) is 0 Å². The van der Waals surface area contributed by atoms with E-state index in [1.165, 1.54) is 0 Å². The Hall–Kier alpha value is -2.66. The fourth-order valence-corrected chi connectivity index (χ4v) is 7.62. The van der Waals surface area contributed by atoms with Gasteiger partial charge in [-0.1, -0.05) is 37.5 Å². The first kappa shape index (κ1) is 32.7. The van der Waals surface area contributed by atoms with Crippen molar-refractivity contribution in [3.63, 3.8) is 0 Å². The van der Waals surface area contributed by atoms with Gasteiger partial charge in [0.1, 0.15) is 11.9 Å². The molecule has 1 amide bonds. The molecule has 0 spiro atoms. The normalized spacial score (nSPS) is 20.3. The van der Waals surface area contributed by atoms with E-state index < -0.39 is 15.8 Å². The van der Waals surface area contributed by atoms with Crippen LogP contribution in [0.1, 0.15) is 94.4 Å². The highest BCUT2D eigenvalue weighted by atomic mass is 32.2. The number of nitrogens with zero attached hydrogens (tertiary/aromatic N) is 2. The van der Waals surface area contributed by atoms with E-state index in [2.05, 4.69) is 0 Å². The Labute approximate surface area is 262 Å². The van der Waals surface area contributed by atoms with Crippen molar-refractivity contribution >= 4 is 16.1 Å². The second-order valence-electron chi connectivity index (χ2n) is 12.6. The molecule has 0 aromatic heterocycles. The van der Waals surface area contributed by atoms with Crippen molar-refractivity contribution in [1.29, 1.82) is 0 Å². The molecule has 5 rings (SSSR count). The number of hydrogen-bond acceptors (Lipinski definition) is 7. The topological polar surface area (TPSA) is 94.6 Å². The molecule has 0 aliphatic carbocycles. The first-order valence-electron chi connectivity index (χ1n) is 16.3. The van der Waals surface area contributed by atoms with Crippen LogP contribution in [0.4, 0.5) is 4.79 Å². The fourth-order valence-electron chi connectivity index (χ4n) is 6.03. The number of benzene rings is 2. The molecule has 10 heteroatoms. The summed E-state index contributed by atoms with van der Waals surface area (Å²) in [5, 5.41) is 0. The van der Waals surface area contributed by atoms with Gasteiger partial charge >= 0.3 is 6.09 Å². The highest BCUT2D eigenvalue weighted by Crippen LogP contribution is 2.35. The summed E-state index contributed by atoms with van der Waals surface area (Å²) >= 11 is 0. The summed E-state index contributed by atoms with van der Waals surface area (Å²) < 4.78 is 50.7. The van der Waals surface area contributed by atoms with Gasteiger partial charge in [-0.2, -0.15) is 4.31 Å². The van der Waals surface area contributed by atoms with Gasteiger partial charge in [0, 0.05) is 52.3 Å². The predicted molar refractivity (Wildman–Crippen MR) is 168 cm³/mol. The highest BCUT2D eigenvalue weighted by molar-refractivity contribution is 7.89. The van der Waals surface area contributed by atoms with Crippen molar-refractivity contribution in [2.75, 3.05) is 39.4 Å². The van der Waals surface area contributed by atoms with Gasteiger partial charge in [0.2, 0.25) is 15.8 Å². The summed E-state index contributed by atoms with van der Waals surface area (Å²) in [6, 6.07) is 13.4. The molecule has 0 saturated carbocycles. The quantitative estimate of drug-likeness (QED) is 0.205. The van der Waals surface area contributed by atoms with Crippen LogP contribution in [-0.4, -0.2) is 68.9 Å². The molecule has 2 aromatic carbocycles. The minimum atomic E-state index is -3.39. The Morgan fingerprint density at radius 2 is 1.70 bits per heavy atom. The van der Waals surface area contributed by atoms with Crippen LogP contribution in [-0.2, 0) is 37.3 Å². The number of aryl methyl sites for hydroxylation is 1. The summed E-state index contributed by atoms with van der Waals surface area (Å²) in [6.07, 6.45) is 9.27. The highest BCUT2D eigenvalue weighted by Gasteiger charge is 2.34. The van der Waals surface area contributed by atoms with Gasteiger partial charge in [-0.3, -0.25) is 0 Å². The largest absolute Gasteiger partial charge is 0.463 e. The molecule has 0 radical (unpaired) electrons. The summed E-state index contributed by atoms with van der Waals surface area (Å²) in [7, 11) is -3.39. The minimum absolute atomic E-state index is 0.250. The Bertz CT molecular complexity index is 1360. The molecule has 3 heterocycles. The lowest BCUT2D eigenvalue weighted by molar-refractivity contribution is -0.180. The number of unbranched alkanes of at least 4 members (excludes halogenated alkanes) is 4. The maximum Gasteiger partial charge on any atom is 0.410 e. The zero-order valence-electron chi connectivity index (χ0n) is 26.3. The number of carbonyl (C=O) groups is 1. The van der Waals surface area contributed by atoms with E-state index in [0.29, 0.717) is 44.3 Å². The van der Waals surface area contributed by atoms with E-state index >= 15 is 0 Å². The van der Waals surface area contributed by atoms with E-state index in [-0.39, 0.29) is 12.2 Å². The van der Waals surface area contributed by atoms with E-state index in [0.717, 1.165) is 93.3 Å². The standard InChI is InChI=1S/C34H48N2O7S/c1-34(2)41-26-29-24-28(16-17-31(29)43-34)32-25-35(33(37)42-32)18-7-3-4-10-21-40-22-11-6-13-27-14-12-15-30(23-27)44(38,39)36-19-8-5-9-20-36/h12,14-17,23-24,32H,3-11,13,18-22,25-26H2,1-2H3/t32-/m0/s1. The van der Waals surface area contributed by atoms with Gasteiger partial charge in [0.15, 0.2) is 0 Å². The number of fused-ring (bicyclic) bond motifs is 1. The lowest BCUT2D eigenvalue weighted by Gasteiger charge is -2.32. The number of cyclic esters (lactones) is 1. The van der Waals surface area contributed by atoms with E-state index in [1.807, 2.05) is 50.2 Å². The Morgan fingerprint density at radius 1 is 0.932 bits per heavy atom. The van der Waals surface area contributed by atoms with Crippen molar-refractivity contribution in [3.05, 3.63) is 59.2 Å². The number of amides is 1. The molecule has 0 bridgehead atoms. The molecule has 242 valence electrons. The van der Waals surface area contributed by atoms with Gasteiger partial charge in [-0.25, -0.2) is 13.2 Å². The molecule has 2 saturated heterocycles. The van der Waals surface area contributed by atoms with E-state index in [9.17, 15) is 13.2 Å². The zero-order valence-corrected chi connectivity index (χ0v) is 27.1. The maximum absolute atomic E-state index is 13.0. The van der Waals surface area contributed by atoms with Crippen LogP contribution in [0.15, 0.2) is 47.4 Å². The molecule has 9 nitrogen and oxygen atoms in total. The van der Waals surface area contributed by atoms with Crippen molar-refractivity contribution in [1.82, 2.24) is 9.21 Å². The maximum atomic E-state index is 13.0. The van der Waals surface area contributed by atoms with Crippen LogP contribution in [0, 0.1) is 0 Å². The molecule has 3 aliphatic heterocycles. The Balaban J connectivity index is 0.908. The van der Waals surface area contributed by atoms with Gasteiger partial charge in [-0.15, -0.1) is 0 Å². The number of rotatable bonds is 15. The number of carbonyl (C=O) groups excluding carboxylic acids is 1. The first-order chi connectivity index (χ1) is 21.2. The molecule has 0 unspecified atom stereocenters. The number of ether oxygens (including phenoxy) is 4. The summed E-state index contributed by atoms with van der Waals surface area (Å²) in [5.41, 5.74) is 3.01. The van der Waals surface area contributed by atoms with E-state index in [4.69, 9.17) is 18.9 Å². The average molecular weight is 629 g/mol. The van der Waals surface area contributed by atoms with Crippen LogP contribution in [0.3, 0.4) is 0 Å². The second kappa shape index (κ2) is 15.1. The third-order valence-corrected chi connectivity index (χ3v) is 10.5. The Morgan fingerprint density at radius 3 is 2.52 bits per heavy atom. The lowest BCUT2D eigenvalue weighted by atomic mass is 10.0. The molecule has 0 N–H and O–H groups in total. The monoisotopic (exact) mass is 628 g/mol. The first-order valence-corrected chi connectivity index (χ1v) is 17.7. The molecular formula is C34H48N2O7S. The van der Waals surface area contributed by atoms with Gasteiger partial charge in [0.05, 0.1) is 18.0 Å². The third-order valence-electron chi connectivity index (χ3n) is 8.60. The lowest BCUT2D eigenvalue weighted by Crippen LogP contribution is -2.35. The van der Waals surface area contributed by atoms with Crippen LogP contribution in [0.5, 0.6) is 5.75 Å². The fraction of sp³-hybridized carbons (Fsp3) is 0.618. The van der Waals surface area contributed by atoms with Crippen LogP contribution >= 0.6 is 0 Å².